The summed E-state index contributed by atoms with van der Waals surface area (Å²) >= 11 is 3.07. The Labute approximate surface area is 66.2 Å². The lowest BCUT2D eigenvalue weighted by Gasteiger charge is -1.87. The molecule has 0 fully saturated rings. The van der Waals surface area contributed by atoms with E-state index in [0.29, 0.717) is 16.5 Å². The summed E-state index contributed by atoms with van der Waals surface area (Å²) in [5.41, 5.74) is 0.826. The number of hydrogen-bond donors (Lipinski definition) is 0. The van der Waals surface area contributed by atoms with Crippen LogP contribution in [0.5, 0.6) is 0 Å². The minimum Gasteiger partial charge on any atom is -0.386 e. The molecule has 1 rings (SSSR count). The molecule has 0 spiro atoms. The molecule has 1 aliphatic rings. The maximum Gasteiger partial charge on any atom is 0.343 e. The van der Waals surface area contributed by atoms with E-state index in [4.69, 9.17) is 0 Å². The quantitative estimate of drug-likeness (QED) is 0.361. The standard InChI is InChI=1S/C6H5BrO3/c1-3-4(2-7)6(9)10-5(3)8/h2H2,1H3. The largest absolute Gasteiger partial charge is 0.386 e. The van der Waals surface area contributed by atoms with Gasteiger partial charge in [0.1, 0.15) is 0 Å². The molecule has 0 aliphatic carbocycles. The van der Waals surface area contributed by atoms with Crippen molar-refractivity contribution >= 4 is 27.9 Å². The van der Waals surface area contributed by atoms with Crippen LogP contribution in [0.1, 0.15) is 6.92 Å². The minimum atomic E-state index is -0.528. The van der Waals surface area contributed by atoms with Crippen LogP contribution in [-0.2, 0) is 14.3 Å². The second-order valence-corrected chi connectivity index (χ2v) is 2.47. The molecule has 0 N–H and O–H groups in total. The van der Waals surface area contributed by atoms with Crippen LogP contribution in [-0.4, -0.2) is 17.3 Å². The first-order valence-electron chi connectivity index (χ1n) is 2.69. The Kier molecular flexibility index (Phi) is 1.89. The minimum absolute atomic E-state index is 0.378. The number of carbonyl (C=O) groups excluding carboxylic acids is 2. The van der Waals surface area contributed by atoms with Crippen molar-refractivity contribution in [1.29, 1.82) is 0 Å². The first-order valence-corrected chi connectivity index (χ1v) is 3.81. The number of halogens is 1. The molecule has 0 aromatic rings. The Morgan fingerprint density at radius 1 is 1.40 bits per heavy atom. The second kappa shape index (κ2) is 2.54. The van der Waals surface area contributed by atoms with Gasteiger partial charge in [-0.15, -0.1) is 0 Å². The highest BCUT2D eigenvalue weighted by molar-refractivity contribution is 9.09. The highest BCUT2D eigenvalue weighted by Crippen LogP contribution is 2.17. The van der Waals surface area contributed by atoms with Crippen LogP contribution in [0, 0.1) is 0 Å². The van der Waals surface area contributed by atoms with Gasteiger partial charge in [-0.25, -0.2) is 9.59 Å². The topological polar surface area (TPSA) is 43.4 Å². The molecule has 54 valence electrons. The van der Waals surface area contributed by atoms with Crippen molar-refractivity contribution < 1.29 is 14.3 Å². The van der Waals surface area contributed by atoms with Crippen LogP contribution in [0.25, 0.3) is 0 Å². The Hall–Kier alpha value is -0.640. The number of rotatable bonds is 1. The van der Waals surface area contributed by atoms with Crippen molar-refractivity contribution in [2.45, 2.75) is 6.92 Å². The van der Waals surface area contributed by atoms with Gasteiger partial charge in [0.15, 0.2) is 0 Å². The molecular formula is C6H5BrO3. The number of hydrogen-bond acceptors (Lipinski definition) is 3. The van der Waals surface area contributed by atoms with Crippen molar-refractivity contribution in [2.75, 3.05) is 5.33 Å². The van der Waals surface area contributed by atoms with Gasteiger partial charge in [-0.3, -0.25) is 0 Å². The maximum absolute atomic E-state index is 10.7. The molecule has 1 aliphatic heterocycles. The van der Waals surface area contributed by atoms with Gasteiger partial charge in [0, 0.05) is 10.9 Å². The van der Waals surface area contributed by atoms with Gasteiger partial charge in [-0.2, -0.15) is 0 Å². The first-order chi connectivity index (χ1) is 4.66. The molecular weight excluding hydrogens is 200 g/mol. The van der Waals surface area contributed by atoms with E-state index in [1.54, 1.807) is 6.92 Å². The summed E-state index contributed by atoms with van der Waals surface area (Å²) in [4.78, 5) is 21.3. The van der Waals surface area contributed by atoms with Gasteiger partial charge in [0.05, 0.1) is 5.57 Å². The van der Waals surface area contributed by atoms with E-state index in [1.165, 1.54) is 0 Å². The van der Waals surface area contributed by atoms with Gasteiger partial charge in [0.2, 0.25) is 0 Å². The zero-order chi connectivity index (χ0) is 7.72. The number of alkyl halides is 1. The number of carbonyl (C=O) groups is 2. The van der Waals surface area contributed by atoms with Crippen molar-refractivity contribution in [2.24, 2.45) is 0 Å². The van der Waals surface area contributed by atoms with Crippen LogP contribution in [0.15, 0.2) is 11.1 Å². The Morgan fingerprint density at radius 3 is 2.20 bits per heavy atom. The normalized spacial score (nSPS) is 18.2. The number of cyclic esters (lactones) is 2. The molecule has 0 atom stereocenters. The fourth-order valence-electron chi connectivity index (χ4n) is 0.653. The summed E-state index contributed by atoms with van der Waals surface area (Å²) in [5, 5.41) is 0.378. The zero-order valence-corrected chi connectivity index (χ0v) is 6.90. The summed E-state index contributed by atoms with van der Waals surface area (Å²) in [6, 6.07) is 0. The smallest absolute Gasteiger partial charge is 0.343 e. The molecule has 0 radical (unpaired) electrons. The summed E-state index contributed by atoms with van der Waals surface area (Å²) in [6.07, 6.45) is 0. The summed E-state index contributed by atoms with van der Waals surface area (Å²) in [6.45, 7) is 1.57. The molecule has 1 heterocycles. The van der Waals surface area contributed by atoms with Gasteiger partial charge >= 0.3 is 11.9 Å². The predicted octanol–water partition coefficient (Wildman–Crippen LogP) is 0.781. The van der Waals surface area contributed by atoms with Crippen LogP contribution < -0.4 is 0 Å². The molecule has 0 aromatic carbocycles. The molecule has 0 aromatic heterocycles. The van der Waals surface area contributed by atoms with Crippen molar-refractivity contribution in [3.8, 4) is 0 Å². The van der Waals surface area contributed by atoms with Crippen LogP contribution >= 0.6 is 15.9 Å². The van der Waals surface area contributed by atoms with E-state index in [2.05, 4.69) is 20.7 Å². The third-order valence-electron chi connectivity index (χ3n) is 1.32. The van der Waals surface area contributed by atoms with Gasteiger partial charge < -0.3 is 4.74 Å². The summed E-state index contributed by atoms with van der Waals surface area (Å²) in [7, 11) is 0. The Balaban J connectivity index is 3.01. The van der Waals surface area contributed by atoms with Crippen LogP contribution in [0.2, 0.25) is 0 Å². The second-order valence-electron chi connectivity index (χ2n) is 1.91. The fraction of sp³-hybridized carbons (Fsp3) is 0.333. The Bertz CT molecular complexity index is 229. The molecule has 0 saturated carbocycles. The number of ether oxygens (including phenoxy) is 1. The number of esters is 2. The van der Waals surface area contributed by atoms with E-state index in [0.717, 1.165) is 0 Å². The van der Waals surface area contributed by atoms with Crippen molar-refractivity contribution in [1.82, 2.24) is 0 Å². The molecule has 0 unspecified atom stereocenters. The maximum atomic E-state index is 10.7. The highest BCUT2D eigenvalue weighted by atomic mass is 79.9. The average Bonchev–Trinajstić information content (AvgIpc) is 2.09. The van der Waals surface area contributed by atoms with Gasteiger partial charge in [-0.05, 0) is 6.92 Å². The van der Waals surface area contributed by atoms with E-state index in [1.807, 2.05) is 0 Å². The Morgan fingerprint density at radius 2 is 2.00 bits per heavy atom. The van der Waals surface area contributed by atoms with Crippen molar-refractivity contribution in [3.63, 3.8) is 0 Å². The SMILES string of the molecule is CC1=C(CBr)C(=O)OC1=O. The lowest BCUT2D eigenvalue weighted by Crippen LogP contribution is -2.02. The monoisotopic (exact) mass is 204 g/mol. The third kappa shape index (κ3) is 0.988. The molecule has 4 heteroatoms. The molecule has 3 nitrogen and oxygen atoms in total. The molecule has 0 amide bonds. The third-order valence-corrected chi connectivity index (χ3v) is 1.89. The van der Waals surface area contributed by atoms with E-state index in [9.17, 15) is 9.59 Å². The lowest BCUT2D eigenvalue weighted by molar-refractivity contribution is -0.151. The lowest BCUT2D eigenvalue weighted by atomic mass is 10.2. The van der Waals surface area contributed by atoms with E-state index < -0.39 is 11.9 Å². The zero-order valence-electron chi connectivity index (χ0n) is 5.31. The van der Waals surface area contributed by atoms with Gasteiger partial charge in [-0.1, -0.05) is 15.9 Å². The van der Waals surface area contributed by atoms with Crippen LogP contribution in [0.3, 0.4) is 0 Å². The summed E-state index contributed by atoms with van der Waals surface area (Å²) < 4.78 is 4.30. The van der Waals surface area contributed by atoms with E-state index in [-0.39, 0.29) is 0 Å². The first kappa shape index (κ1) is 7.47. The predicted molar refractivity (Wildman–Crippen MR) is 37.6 cm³/mol. The van der Waals surface area contributed by atoms with Crippen molar-refractivity contribution in [3.05, 3.63) is 11.1 Å². The van der Waals surface area contributed by atoms with Gasteiger partial charge in [0.25, 0.3) is 0 Å². The van der Waals surface area contributed by atoms with E-state index >= 15 is 0 Å². The molecule has 0 saturated heterocycles. The fourth-order valence-corrected chi connectivity index (χ4v) is 1.30. The average molecular weight is 205 g/mol. The van der Waals surface area contributed by atoms with Crippen LogP contribution in [0.4, 0.5) is 0 Å². The summed E-state index contributed by atoms with van der Waals surface area (Å²) in [5.74, 6) is -1.06. The molecule has 10 heavy (non-hydrogen) atoms. The molecule has 0 bridgehead atoms. The highest BCUT2D eigenvalue weighted by Gasteiger charge is 2.28.